The third-order valence-corrected chi connectivity index (χ3v) is 6.30. The van der Waals surface area contributed by atoms with Gasteiger partial charge in [0.2, 0.25) is 5.91 Å². The van der Waals surface area contributed by atoms with E-state index in [0.29, 0.717) is 23.1 Å². The number of halogens is 6. The van der Waals surface area contributed by atoms with Crippen molar-refractivity contribution in [3.8, 4) is 11.1 Å². The molecule has 4 rings (SSSR count). The molecule has 3 N–H and O–H groups in total. The molecule has 0 aliphatic rings. The van der Waals surface area contributed by atoms with Crippen LogP contribution < -0.4 is 11.1 Å². The zero-order chi connectivity index (χ0) is 26.6. The Kier molecular flexibility index (Phi) is 6.02. The predicted molar refractivity (Wildman–Crippen MR) is 116 cm³/mol. The van der Waals surface area contributed by atoms with Crippen LogP contribution in [-0.2, 0) is 30.7 Å². The minimum Gasteiger partial charge on any atom is -0.365 e. The molecular formula is C20H15F6N7O2S. The minimum absolute atomic E-state index is 0.00250. The van der Waals surface area contributed by atoms with E-state index in [4.69, 9.17) is 5.73 Å². The van der Waals surface area contributed by atoms with E-state index in [1.807, 2.05) is 0 Å². The number of rotatable bonds is 5. The number of aryl methyl sites for hydroxylation is 1. The maximum Gasteiger partial charge on any atom is 0.435 e. The van der Waals surface area contributed by atoms with Crippen LogP contribution in [0.3, 0.4) is 0 Å². The summed E-state index contributed by atoms with van der Waals surface area (Å²) in [4.78, 5) is 27.9. The van der Waals surface area contributed by atoms with Crippen LogP contribution in [-0.4, -0.2) is 36.4 Å². The number of alkyl halides is 6. The number of carbonyl (C=O) groups is 2. The summed E-state index contributed by atoms with van der Waals surface area (Å²) in [6, 6.07) is 1.44. The second-order valence-corrected chi connectivity index (χ2v) is 8.61. The SMILES string of the molecule is Cc1c(-c2cc(C(F)(F)F)nc3sc(C(N)=O)c(NC(=O)Cn4ccc(C(F)(F)F)n4)c23)cnn1C. The van der Waals surface area contributed by atoms with Gasteiger partial charge in [-0.25, -0.2) is 4.98 Å². The predicted octanol–water partition coefficient (Wildman–Crippen LogP) is 3.98. The minimum atomic E-state index is -4.82. The van der Waals surface area contributed by atoms with Gasteiger partial charge in [-0.05, 0) is 24.6 Å². The number of hydrogen-bond donors (Lipinski definition) is 2. The van der Waals surface area contributed by atoms with Crippen molar-refractivity contribution in [2.75, 3.05) is 5.32 Å². The topological polar surface area (TPSA) is 121 Å². The molecule has 0 unspecified atom stereocenters. The van der Waals surface area contributed by atoms with Crippen LogP contribution in [0.25, 0.3) is 21.3 Å². The van der Waals surface area contributed by atoms with Crippen molar-refractivity contribution < 1.29 is 35.9 Å². The van der Waals surface area contributed by atoms with Gasteiger partial charge in [0.05, 0.1) is 11.9 Å². The average molecular weight is 531 g/mol. The Bertz CT molecular complexity index is 1500. The summed E-state index contributed by atoms with van der Waals surface area (Å²) < 4.78 is 81.3. The molecule has 0 radical (unpaired) electrons. The molecular weight excluding hydrogens is 516 g/mol. The van der Waals surface area contributed by atoms with E-state index in [0.717, 1.165) is 16.9 Å². The van der Waals surface area contributed by atoms with E-state index in [2.05, 4.69) is 20.5 Å². The van der Waals surface area contributed by atoms with Crippen molar-refractivity contribution in [2.45, 2.75) is 25.8 Å². The molecule has 4 aromatic heterocycles. The highest BCUT2D eigenvalue weighted by Crippen LogP contribution is 2.44. The number of nitrogens with zero attached hydrogens (tertiary/aromatic N) is 5. The van der Waals surface area contributed by atoms with Gasteiger partial charge in [0.25, 0.3) is 5.91 Å². The van der Waals surface area contributed by atoms with Gasteiger partial charge in [0.15, 0.2) is 5.69 Å². The number of pyridine rings is 1. The van der Waals surface area contributed by atoms with Gasteiger partial charge in [0, 0.05) is 29.9 Å². The lowest BCUT2D eigenvalue weighted by molar-refractivity contribution is -0.142. The first-order chi connectivity index (χ1) is 16.7. The number of anilines is 1. The number of aromatic nitrogens is 5. The summed E-state index contributed by atoms with van der Waals surface area (Å²) in [5.74, 6) is -1.95. The Morgan fingerprint density at radius 3 is 2.31 bits per heavy atom. The third-order valence-electron chi connectivity index (χ3n) is 5.20. The quantitative estimate of drug-likeness (QED) is 0.378. The molecule has 0 bridgehead atoms. The van der Waals surface area contributed by atoms with Gasteiger partial charge in [-0.1, -0.05) is 0 Å². The molecule has 0 saturated carbocycles. The van der Waals surface area contributed by atoms with E-state index in [1.165, 1.54) is 10.9 Å². The van der Waals surface area contributed by atoms with Gasteiger partial charge in [-0.3, -0.25) is 19.0 Å². The number of carbonyl (C=O) groups excluding carboxylic acids is 2. The van der Waals surface area contributed by atoms with Crippen molar-refractivity contribution in [3.05, 3.63) is 46.5 Å². The summed E-state index contributed by atoms with van der Waals surface area (Å²) >= 11 is 0.541. The summed E-state index contributed by atoms with van der Waals surface area (Å²) in [6.07, 6.45) is -7.29. The fraction of sp³-hybridized carbons (Fsp3) is 0.250. The normalized spacial score (nSPS) is 12.3. The molecule has 4 heterocycles. The van der Waals surface area contributed by atoms with Crippen molar-refractivity contribution in [3.63, 3.8) is 0 Å². The average Bonchev–Trinajstić information content (AvgIpc) is 3.45. The molecule has 0 saturated heterocycles. The van der Waals surface area contributed by atoms with Crippen LogP contribution in [0.15, 0.2) is 24.5 Å². The molecule has 0 aliphatic heterocycles. The number of hydrogen-bond acceptors (Lipinski definition) is 6. The fourth-order valence-corrected chi connectivity index (χ4v) is 4.45. The molecule has 16 heteroatoms. The van der Waals surface area contributed by atoms with Crippen molar-refractivity contribution in [2.24, 2.45) is 12.8 Å². The van der Waals surface area contributed by atoms with E-state index in [9.17, 15) is 35.9 Å². The lowest BCUT2D eigenvalue weighted by atomic mass is 10.0. The zero-order valence-electron chi connectivity index (χ0n) is 18.3. The van der Waals surface area contributed by atoms with Crippen LogP contribution >= 0.6 is 11.3 Å². The lowest BCUT2D eigenvalue weighted by Crippen LogP contribution is -2.21. The van der Waals surface area contributed by atoms with Gasteiger partial charge < -0.3 is 11.1 Å². The number of nitrogens with two attached hydrogens (primary N) is 1. The Morgan fingerprint density at radius 1 is 1.11 bits per heavy atom. The molecule has 0 atom stereocenters. The highest BCUT2D eigenvalue weighted by Gasteiger charge is 2.36. The monoisotopic (exact) mass is 531 g/mol. The van der Waals surface area contributed by atoms with E-state index in [-0.39, 0.29) is 31.9 Å². The number of amides is 2. The van der Waals surface area contributed by atoms with Crippen molar-refractivity contribution in [1.29, 1.82) is 0 Å². The maximum absolute atomic E-state index is 13.6. The first kappa shape index (κ1) is 25.2. The zero-order valence-corrected chi connectivity index (χ0v) is 19.1. The number of nitrogens with one attached hydrogen (secondary N) is 1. The molecule has 4 aromatic rings. The van der Waals surface area contributed by atoms with Gasteiger partial charge in [0.1, 0.15) is 21.9 Å². The second kappa shape index (κ2) is 8.61. The highest BCUT2D eigenvalue weighted by molar-refractivity contribution is 7.21. The van der Waals surface area contributed by atoms with Crippen LogP contribution in [0.2, 0.25) is 0 Å². The first-order valence-electron chi connectivity index (χ1n) is 9.90. The summed E-state index contributed by atoms with van der Waals surface area (Å²) in [7, 11) is 1.58. The summed E-state index contributed by atoms with van der Waals surface area (Å²) in [5.41, 5.74) is 3.49. The number of thiophene rings is 1. The van der Waals surface area contributed by atoms with Crippen LogP contribution in [0, 0.1) is 6.92 Å². The maximum atomic E-state index is 13.6. The van der Waals surface area contributed by atoms with E-state index in [1.54, 1.807) is 14.0 Å². The largest absolute Gasteiger partial charge is 0.435 e. The molecule has 9 nitrogen and oxygen atoms in total. The summed E-state index contributed by atoms with van der Waals surface area (Å²) in [5, 5.41) is 9.71. The van der Waals surface area contributed by atoms with E-state index < -0.39 is 42.1 Å². The number of primary amides is 1. The van der Waals surface area contributed by atoms with Gasteiger partial charge in [-0.15, -0.1) is 11.3 Å². The molecule has 190 valence electrons. The first-order valence-corrected chi connectivity index (χ1v) is 10.7. The lowest BCUT2D eigenvalue weighted by Gasteiger charge is -2.12. The molecule has 0 fully saturated rings. The van der Waals surface area contributed by atoms with Gasteiger partial charge >= 0.3 is 12.4 Å². The Labute approximate surface area is 201 Å². The highest BCUT2D eigenvalue weighted by atomic mass is 32.1. The second-order valence-electron chi connectivity index (χ2n) is 7.62. The van der Waals surface area contributed by atoms with Gasteiger partial charge in [-0.2, -0.15) is 36.5 Å². The molecule has 0 aromatic carbocycles. The molecule has 0 spiro atoms. The van der Waals surface area contributed by atoms with Crippen LogP contribution in [0.5, 0.6) is 0 Å². The Balaban J connectivity index is 1.85. The smallest absolute Gasteiger partial charge is 0.365 e. The third kappa shape index (κ3) is 4.62. The summed E-state index contributed by atoms with van der Waals surface area (Å²) in [6.45, 7) is 0.929. The van der Waals surface area contributed by atoms with E-state index >= 15 is 0 Å². The van der Waals surface area contributed by atoms with Crippen molar-refractivity contribution in [1.82, 2.24) is 24.5 Å². The standard InChI is InChI=1S/C20H15F6N7O2S/c1-8-10(6-28-32(8)2)9-5-12(20(24,25)26)29-18-14(9)15(16(36-18)17(27)35)30-13(34)7-33-4-3-11(31-33)19(21,22)23/h3-6H,7H2,1-2H3,(H2,27,35)(H,30,34). The Hall–Kier alpha value is -3.95. The number of fused-ring (bicyclic) bond motifs is 1. The molecule has 0 aliphatic carbocycles. The Morgan fingerprint density at radius 2 is 1.78 bits per heavy atom. The fourth-order valence-electron chi connectivity index (χ4n) is 3.44. The van der Waals surface area contributed by atoms with Crippen molar-refractivity contribution >= 4 is 39.1 Å². The molecule has 2 amide bonds. The van der Waals surface area contributed by atoms with Crippen LogP contribution in [0.4, 0.5) is 32.0 Å². The van der Waals surface area contributed by atoms with Crippen LogP contribution in [0.1, 0.15) is 26.8 Å². The molecule has 36 heavy (non-hydrogen) atoms.